The fraction of sp³-hybridized carbons (Fsp3) is 0. The Morgan fingerprint density at radius 1 is 1.36 bits per heavy atom. The molecule has 1 fully saturated rings. The lowest BCUT2D eigenvalue weighted by Crippen LogP contribution is -2.24. The van der Waals surface area contributed by atoms with Crippen molar-refractivity contribution in [2.24, 2.45) is 0 Å². The van der Waals surface area contributed by atoms with E-state index >= 15 is 0 Å². The van der Waals surface area contributed by atoms with E-state index in [-0.39, 0.29) is 8.88 Å². The SMILES string of the molecule is OP1NPNPN1Oc1ccccc1. The Labute approximate surface area is 86.9 Å². The molecule has 3 unspecified atom stereocenters. The summed E-state index contributed by atoms with van der Waals surface area (Å²) in [6.07, 6.45) is 0. The Bertz CT molecular complexity index is 289. The van der Waals surface area contributed by atoms with Gasteiger partial charge in [-0.2, -0.15) is 0 Å². The van der Waals surface area contributed by atoms with Crippen LogP contribution >= 0.6 is 26.2 Å². The van der Waals surface area contributed by atoms with Crippen LogP contribution < -0.4 is 14.6 Å². The lowest BCUT2D eigenvalue weighted by molar-refractivity contribution is 0.130. The first-order chi connectivity index (χ1) is 6.86. The minimum Gasteiger partial charge on any atom is -0.394 e. The fourth-order valence-corrected chi connectivity index (χ4v) is 4.59. The summed E-state index contributed by atoms with van der Waals surface area (Å²) in [5.74, 6) is 0.732. The summed E-state index contributed by atoms with van der Waals surface area (Å²) in [7, 11) is -0.669. The van der Waals surface area contributed by atoms with E-state index in [1.54, 1.807) is 0 Å². The zero-order valence-corrected chi connectivity index (χ0v) is 10.0. The van der Waals surface area contributed by atoms with E-state index in [1.165, 1.54) is 4.60 Å². The molecule has 1 heterocycles. The van der Waals surface area contributed by atoms with Gasteiger partial charge in [-0.15, -0.1) is 0 Å². The van der Waals surface area contributed by atoms with Crippen molar-refractivity contribution in [1.29, 1.82) is 0 Å². The maximum absolute atomic E-state index is 9.56. The van der Waals surface area contributed by atoms with Crippen LogP contribution in [0.15, 0.2) is 30.3 Å². The van der Waals surface area contributed by atoms with Crippen molar-refractivity contribution in [2.45, 2.75) is 0 Å². The third-order valence-corrected chi connectivity index (χ3v) is 5.25. The van der Waals surface area contributed by atoms with Crippen molar-refractivity contribution in [1.82, 2.24) is 14.3 Å². The first kappa shape index (κ1) is 10.7. The second kappa shape index (κ2) is 5.29. The second-order valence-corrected chi connectivity index (χ2v) is 6.53. The molecule has 1 aromatic rings. The fourth-order valence-electron chi connectivity index (χ4n) is 0.889. The van der Waals surface area contributed by atoms with Crippen LogP contribution in [0.4, 0.5) is 0 Å². The highest BCUT2D eigenvalue weighted by Crippen LogP contribution is 2.47. The van der Waals surface area contributed by atoms with Gasteiger partial charge in [0.05, 0.1) is 8.88 Å². The van der Waals surface area contributed by atoms with Crippen LogP contribution in [0, 0.1) is 0 Å². The van der Waals surface area contributed by atoms with Gasteiger partial charge in [0.25, 0.3) is 0 Å². The van der Waals surface area contributed by atoms with Gasteiger partial charge in [0.15, 0.2) is 0 Å². The molecular weight excluding hydrogens is 239 g/mol. The molecule has 1 saturated heterocycles. The summed E-state index contributed by atoms with van der Waals surface area (Å²) >= 11 is 0. The van der Waals surface area contributed by atoms with Crippen LogP contribution in [-0.2, 0) is 0 Å². The summed E-state index contributed by atoms with van der Waals surface area (Å²) < 4.78 is 1.53. The van der Waals surface area contributed by atoms with Crippen molar-refractivity contribution in [3.8, 4) is 5.75 Å². The average Bonchev–Trinajstić information content (AvgIpc) is 2.23. The summed E-state index contributed by atoms with van der Waals surface area (Å²) in [5, 5.41) is 0. The maximum atomic E-state index is 9.56. The Balaban J connectivity index is 1.96. The van der Waals surface area contributed by atoms with Crippen LogP contribution in [0.5, 0.6) is 5.75 Å². The lowest BCUT2D eigenvalue weighted by Gasteiger charge is -2.30. The molecule has 3 atom stereocenters. The first-order valence-electron chi connectivity index (χ1n) is 3.89. The lowest BCUT2D eigenvalue weighted by atomic mass is 10.3. The van der Waals surface area contributed by atoms with Gasteiger partial charge in [0, 0.05) is 8.88 Å². The van der Waals surface area contributed by atoms with Crippen molar-refractivity contribution in [3.05, 3.63) is 30.3 Å². The van der Waals surface area contributed by atoms with Gasteiger partial charge >= 0.3 is 0 Å². The number of hydrogen-bond donors (Lipinski definition) is 3. The average molecular weight is 249 g/mol. The van der Waals surface area contributed by atoms with Gasteiger partial charge in [-0.3, -0.25) is 4.86 Å². The van der Waals surface area contributed by atoms with Gasteiger partial charge in [-0.1, -0.05) is 18.2 Å². The Morgan fingerprint density at radius 3 is 2.86 bits per heavy atom. The van der Waals surface area contributed by atoms with Crippen molar-refractivity contribution >= 4 is 26.2 Å². The second-order valence-electron chi connectivity index (χ2n) is 2.44. The van der Waals surface area contributed by atoms with Gasteiger partial charge in [-0.05, 0) is 16.7 Å². The minimum absolute atomic E-state index is 0.288. The number of hydrogen-bond acceptors (Lipinski definition) is 5. The molecule has 76 valence electrons. The molecule has 1 aliphatic rings. The summed E-state index contributed by atoms with van der Waals surface area (Å²) in [6, 6.07) is 9.41. The van der Waals surface area contributed by atoms with Crippen LogP contribution in [-0.4, -0.2) is 9.50 Å². The predicted molar refractivity (Wildman–Crippen MR) is 60.9 cm³/mol. The number of para-hydroxylation sites is 1. The molecule has 0 amide bonds. The standard InChI is InChI=1S/C6H10N3O2P3/c10-14-8-12-7-13-9(14)11-6-4-2-1-3-5-6/h1-5,7-8,10,12-13H. The van der Waals surface area contributed by atoms with E-state index in [0.717, 1.165) is 5.75 Å². The van der Waals surface area contributed by atoms with E-state index in [0.29, 0.717) is 8.88 Å². The normalized spacial score (nSPS) is 26.8. The van der Waals surface area contributed by atoms with Crippen molar-refractivity contribution in [3.63, 3.8) is 0 Å². The monoisotopic (exact) mass is 249 g/mol. The molecule has 3 N–H and O–H groups in total. The number of nitrogens with one attached hydrogen (secondary N) is 2. The molecule has 0 bridgehead atoms. The van der Waals surface area contributed by atoms with Crippen LogP contribution in [0.2, 0.25) is 0 Å². The van der Waals surface area contributed by atoms with E-state index in [1.807, 2.05) is 30.3 Å². The maximum Gasteiger partial charge on any atom is 0.227 e. The predicted octanol–water partition coefficient (Wildman–Crippen LogP) is 1.71. The van der Waals surface area contributed by atoms with Crippen LogP contribution in [0.1, 0.15) is 0 Å². The largest absolute Gasteiger partial charge is 0.394 e. The zero-order chi connectivity index (χ0) is 9.80. The molecular formula is C6H10N3O2P3. The van der Waals surface area contributed by atoms with Gasteiger partial charge in [-0.25, -0.2) is 4.86 Å². The Kier molecular flexibility index (Phi) is 4.03. The van der Waals surface area contributed by atoms with Crippen LogP contribution in [0.3, 0.4) is 0 Å². The number of rotatable bonds is 2. The van der Waals surface area contributed by atoms with Crippen molar-refractivity contribution < 1.29 is 9.73 Å². The van der Waals surface area contributed by atoms with E-state index in [2.05, 4.69) is 9.72 Å². The highest BCUT2D eigenvalue weighted by molar-refractivity contribution is 7.70. The topological polar surface area (TPSA) is 56.8 Å². The molecule has 2 rings (SSSR count). The summed E-state index contributed by atoms with van der Waals surface area (Å²) in [4.78, 5) is 21.0. The first-order valence-corrected chi connectivity index (χ1v) is 7.09. The molecule has 5 nitrogen and oxygen atoms in total. The summed E-state index contributed by atoms with van der Waals surface area (Å²) in [6.45, 7) is 0. The smallest absolute Gasteiger partial charge is 0.227 e. The molecule has 1 aliphatic heterocycles. The molecule has 14 heavy (non-hydrogen) atoms. The summed E-state index contributed by atoms with van der Waals surface area (Å²) in [5.41, 5.74) is 0. The molecule has 0 spiro atoms. The molecule has 0 radical (unpaired) electrons. The Hall–Kier alpha value is 0.150. The van der Waals surface area contributed by atoms with Gasteiger partial charge < -0.3 is 9.73 Å². The van der Waals surface area contributed by atoms with Crippen LogP contribution in [0.25, 0.3) is 0 Å². The zero-order valence-electron chi connectivity index (χ0n) is 7.14. The quantitative estimate of drug-likeness (QED) is 0.696. The molecule has 0 aromatic heterocycles. The third kappa shape index (κ3) is 2.82. The van der Waals surface area contributed by atoms with E-state index in [9.17, 15) is 4.89 Å². The van der Waals surface area contributed by atoms with E-state index in [4.69, 9.17) is 4.84 Å². The molecule has 8 heteroatoms. The Morgan fingerprint density at radius 2 is 2.14 bits per heavy atom. The molecule has 1 aromatic carbocycles. The molecule has 0 saturated carbocycles. The number of benzene rings is 1. The third-order valence-electron chi connectivity index (χ3n) is 1.48. The van der Waals surface area contributed by atoms with Gasteiger partial charge in [0.1, 0.15) is 5.75 Å². The van der Waals surface area contributed by atoms with Gasteiger partial charge in [0.2, 0.25) is 8.45 Å². The molecule has 0 aliphatic carbocycles. The van der Waals surface area contributed by atoms with E-state index < -0.39 is 8.45 Å². The highest BCUT2D eigenvalue weighted by atomic mass is 31.2. The number of nitrogens with zero attached hydrogens (tertiary/aromatic N) is 1. The highest BCUT2D eigenvalue weighted by Gasteiger charge is 2.22. The minimum atomic E-state index is -1.36. The van der Waals surface area contributed by atoms with Crippen molar-refractivity contribution in [2.75, 3.05) is 0 Å².